The first-order valence-electron chi connectivity index (χ1n) is 5.95. The van der Waals surface area contributed by atoms with Crippen molar-refractivity contribution in [3.05, 3.63) is 40.7 Å². The highest BCUT2D eigenvalue weighted by atomic mass is 15.1. The smallest absolute Gasteiger partial charge is 0.0715 e. The van der Waals surface area contributed by atoms with Gasteiger partial charge in [-0.1, -0.05) is 23.8 Å². The molecule has 3 N–H and O–H groups in total. The van der Waals surface area contributed by atoms with Crippen LogP contribution >= 0.6 is 0 Å². The molecule has 2 aromatic rings. The summed E-state index contributed by atoms with van der Waals surface area (Å²) in [5, 5.41) is 7.40. The molecule has 0 amide bonds. The third kappa shape index (κ3) is 2.24. The predicted octanol–water partition coefficient (Wildman–Crippen LogP) is 2.50. The van der Waals surface area contributed by atoms with Crippen molar-refractivity contribution in [1.29, 1.82) is 0 Å². The number of nitrogens with one attached hydrogen (secondary N) is 1. The SMILES string of the molecule is Cc1ccc(-c2c(CCN)n[nH]c2C)c(C)c1. The van der Waals surface area contributed by atoms with E-state index in [9.17, 15) is 0 Å². The average molecular weight is 229 g/mol. The number of hydrogen-bond acceptors (Lipinski definition) is 2. The maximum Gasteiger partial charge on any atom is 0.0715 e. The summed E-state index contributed by atoms with van der Waals surface area (Å²) in [6.07, 6.45) is 0.812. The standard InChI is InChI=1S/C14H19N3/c1-9-4-5-12(10(2)8-9)14-11(3)16-17-13(14)6-7-15/h4-5,8H,6-7,15H2,1-3H3,(H,16,17). The second-order valence-electron chi connectivity index (χ2n) is 4.53. The summed E-state index contributed by atoms with van der Waals surface area (Å²) in [5.74, 6) is 0. The summed E-state index contributed by atoms with van der Waals surface area (Å²) in [6, 6.07) is 6.51. The van der Waals surface area contributed by atoms with Crippen molar-refractivity contribution in [2.24, 2.45) is 5.73 Å². The van der Waals surface area contributed by atoms with E-state index >= 15 is 0 Å². The van der Waals surface area contributed by atoms with E-state index in [0.29, 0.717) is 6.54 Å². The number of benzene rings is 1. The molecule has 3 nitrogen and oxygen atoms in total. The molecule has 0 radical (unpaired) electrons. The van der Waals surface area contributed by atoms with E-state index < -0.39 is 0 Å². The normalized spacial score (nSPS) is 10.8. The van der Waals surface area contributed by atoms with Crippen LogP contribution in [-0.4, -0.2) is 16.7 Å². The fraction of sp³-hybridized carbons (Fsp3) is 0.357. The zero-order chi connectivity index (χ0) is 12.4. The first kappa shape index (κ1) is 11.9. The molecule has 17 heavy (non-hydrogen) atoms. The van der Waals surface area contributed by atoms with Crippen LogP contribution in [0.2, 0.25) is 0 Å². The molecule has 0 atom stereocenters. The lowest BCUT2D eigenvalue weighted by Gasteiger charge is -2.08. The van der Waals surface area contributed by atoms with E-state index in [1.54, 1.807) is 0 Å². The van der Waals surface area contributed by atoms with E-state index in [4.69, 9.17) is 5.73 Å². The monoisotopic (exact) mass is 229 g/mol. The summed E-state index contributed by atoms with van der Waals surface area (Å²) in [4.78, 5) is 0. The number of aryl methyl sites for hydroxylation is 3. The van der Waals surface area contributed by atoms with E-state index in [0.717, 1.165) is 17.8 Å². The highest BCUT2D eigenvalue weighted by Gasteiger charge is 2.13. The Morgan fingerprint density at radius 2 is 2.00 bits per heavy atom. The van der Waals surface area contributed by atoms with Gasteiger partial charge in [0.15, 0.2) is 0 Å². The second kappa shape index (κ2) is 4.72. The Balaban J connectivity index is 2.55. The van der Waals surface area contributed by atoms with Crippen molar-refractivity contribution in [1.82, 2.24) is 10.2 Å². The van der Waals surface area contributed by atoms with Gasteiger partial charge in [0.2, 0.25) is 0 Å². The molecule has 0 fully saturated rings. The van der Waals surface area contributed by atoms with Gasteiger partial charge < -0.3 is 5.73 Å². The first-order valence-corrected chi connectivity index (χ1v) is 5.95. The van der Waals surface area contributed by atoms with Crippen LogP contribution in [0.3, 0.4) is 0 Å². The molecule has 0 bridgehead atoms. The van der Waals surface area contributed by atoms with Crippen molar-refractivity contribution in [3.8, 4) is 11.1 Å². The maximum atomic E-state index is 5.63. The van der Waals surface area contributed by atoms with Gasteiger partial charge in [0.05, 0.1) is 5.69 Å². The third-order valence-corrected chi connectivity index (χ3v) is 3.05. The minimum Gasteiger partial charge on any atom is -0.330 e. The molecular formula is C14H19N3. The van der Waals surface area contributed by atoms with Crippen LogP contribution in [0.25, 0.3) is 11.1 Å². The van der Waals surface area contributed by atoms with Gasteiger partial charge in [0.1, 0.15) is 0 Å². The molecule has 3 heteroatoms. The maximum absolute atomic E-state index is 5.63. The van der Waals surface area contributed by atoms with Gasteiger partial charge in [-0.2, -0.15) is 5.10 Å². The molecule has 2 rings (SSSR count). The van der Waals surface area contributed by atoms with Crippen molar-refractivity contribution in [2.75, 3.05) is 6.54 Å². The van der Waals surface area contributed by atoms with Gasteiger partial charge in [0, 0.05) is 17.7 Å². The summed E-state index contributed by atoms with van der Waals surface area (Å²) in [7, 11) is 0. The fourth-order valence-electron chi connectivity index (χ4n) is 2.25. The Morgan fingerprint density at radius 1 is 1.24 bits per heavy atom. The molecule has 0 aliphatic carbocycles. The summed E-state index contributed by atoms with van der Waals surface area (Å²) < 4.78 is 0. The minimum atomic E-state index is 0.627. The Labute approximate surface area is 102 Å². The Morgan fingerprint density at radius 3 is 2.65 bits per heavy atom. The third-order valence-electron chi connectivity index (χ3n) is 3.05. The van der Waals surface area contributed by atoms with Crippen LogP contribution in [0.15, 0.2) is 18.2 Å². The van der Waals surface area contributed by atoms with E-state index in [-0.39, 0.29) is 0 Å². The lowest BCUT2D eigenvalue weighted by atomic mass is 9.96. The molecule has 0 saturated carbocycles. The second-order valence-corrected chi connectivity index (χ2v) is 4.53. The molecule has 0 aliphatic rings. The number of nitrogens with two attached hydrogens (primary N) is 1. The van der Waals surface area contributed by atoms with Gasteiger partial charge in [-0.05, 0) is 38.4 Å². The molecule has 0 saturated heterocycles. The molecular weight excluding hydrogens is 210 g/mol. The van der Waals surface area contributed by atoms with Crippen LogP contribution in [0.5, 0.6) is 0 Å². The lowest BCUT2D eigenvalue weighted by Crippen LogP contribution is -2.04. The van der Waals surface area contributed by atoms with Crippen LogP contribution in [0, 0.1) is 20.8 Å². The van der Waals surface area contributed by atoms with Gasteiger partial charge in [-0.15, -0.1) is 0 Å². The first-order chi connectivity index (χ1) is 8.13. The molecule has 0 unspecified atom stereocenters. The number of rotatable bonds is 3. The highest BCUT2D eigenvalue weighted by molar-refractivity contribution is 5.72. The fourth-order valence-corrected chi connectivity index (χ4v) is 2.25. The molecule has 1 aromatic heterocycles. The number of nitrogens with zero attached hydrogens (tertiary/aromatic N) is 1. The van der Waals surface area contributed by atoms with Gasteiger partial charge in [-0.25, -0.2) is 0 Å². The van der Waals surface area contributed by atoms with Crippen LogP contribution < -0.4 is 5.73 Å². The number of hydrogen-bond donors (Lipinski definition) is 2. The Kier molecular flexibility index (Phi) is 3.29. The van der Waals surface area contributed by atoms with Gasteiger partial charge in [-0.3, -0.25) is 5.10 Å². The molecule has 1 heterocycles. The average Bonchev–Trinajstić information content (AvgIpc) is 2.62. The zero-order valence-corrected chi connectivity index (χ0v) is 10.7. The van der Waals surface area contributed by atoms with Crippen LogP contribution in [0.4, 0.5) is 0 Å². The van der Waals surface area contributed by atoms with E-state index in [1.807, 2.05) is 0 Å². The van der Waals surface area contributed by atoms with Crippen molar-refractivity contribution in [3.63, 3.8) is 0 Å². The quantitative estimate of drug-likeness (QED) is 0.849. The number of aromatic nitrogens is 2. The van der Waals surface area contributed by atoms with E-state index in [1.165, 1.54) is 22.3 Å². The topological polar surface area (TPSA) is 54.7 Å². The zero-order valence-electron chi connectivity index (χ0n) is 10.7. The highest BCUT2D eigenvalue weighted by Crippen LogP contribution is 2.29. The summed E-state index contributed by atoms with van der Waals surface area (Å²) in [5.41, 5.74) is 12.8. The van der Waals surface area contributed by atoms with Crippen LogP contribution in [0.1, 0.15) is 22.5 Å². The van der Waals surface area contributed by atoms with Crippen molar-refractivity contribution >= 4 is 0 Å². The summed E-state index contributed by atoms with van der Waals surface area (Å²) in [6.45, 7) is 6.94. The largest absolute Gasteiger partial charge is 0.330 e. The van der Waals surface area contributed by atoms with Gasteiger partial charge >= 0.3 is 0 Å². The Bertz CT molecular complexity index is 526. The summed E-state index contributed by atoms with van der Waals surface area (Å²) >= 11 is 0. The minimum absolute atomic E-state index is 0.627. The van der Waals surface area contributed by atoms with Crippen molar-refractivity contribution < 1.29 is 0 Å². The molecule has 1 aromatic carbocycles. The molecule has 90 valence electrons. The number of H-pyrrole nitrogens is 1. The molecule has 0 aliphatic heterocycles. The van der Waals surface area contributed by atoms with Gasteiger partial charge in [0.25, 0.3) is 0 Å². The van der Waals surface area contributed by atoms with Crippen LogP contribution in [-0.2, 0) is 6.42 Å². The lowest BCUT2D eigenvalue weighted by molar-refractivity contribution is 0.899. The molecule has 0 spiro atoms. The van der Waals surface area contributed by atoms with Crippen molar-refractivity contribution in [2.45, 2.75) is 27.2 Å². The number of aromatic amines is 1. The Hall–Kier alpha value is -1.61. The van der Waals surface area contributed by atoms with E-state index in [2.05, 4.69) is 49.2 Å². The predicted molar refractivity (Wildman–Crippen MR) is 71.0 cm³/mol.